The quantitative estimate of drug-likeness (QED) is 0.297. The number of amides is 1. The Balaban J connectivity index is 1.57. The minimum Gasteiger partial charge on any atom is -0.393 e. The van der Waals surface area contributed by atoms with E-state index >= 15 is 0 Å². The molecule has 4 aliphatic heterocycles. The minimum absolute atomic E-state index is 0.161. The van der Waals surface area contributed by atoms with Gasteiger partial charge in [-0.3, -0.25) is 21.2 Å². The first-order chi connectivity index (χ1) is 10.1. The van der Waals surface area contributed by atoms with Crippen LogP contribution in [0.4, 0.5) is 0 Å². The Morgan fingerprint density at radius 2 is 2.33 bits per heavy atom. The van der Waals surface area contributed by atoms with E-state index in [1.165, 1.54) is 0 Å². The predicted molar refractivity (Wildman–Crippen MR) is 67.1 cm³/mol. The highest BCUT2D eigenvalue weighted by molar-refractivity contribution is 5.84. The Morgan fingerprint density at radius 1 is 1.52 bits per heavy atom. The fraction of sp³-hybridized carbons (Fsp3) is 0.909. The summed E-state index contributed by atoms with van der Waals surface area (Å²) in [4.78, 5) is 13.8. The molecule has 2 bridgehead atoms. The fourth-order valence-corrected chi connectivity index (χ4v) is 3.55. The van der Waals surface area contributed by atoms with Crippen molar-refractivity contribution in [3.8, 4) is 0 Å². The molecule has 4 aliphatic rings. The molecule has 4 rings (SSSR count). The standard InChI is InChI=1S/C11H19N5O5/c12-10-14-7-4(8(19)15-10)13-3-16(7)9-5-6(18)11(1-17,21-9)2-20-5/h4-7,9-10,13-14,17-18H,1-3,12H2,(H,15,19). The summed E-state index contributed by atoms with van der Waals surface area (Å²) in [7, 11) is 0. The van der Waals surface area contributed by atoms with E-state index in [9.17, 15) is 15.0 Å². The molecule has 4 heterocycles. The van der Waals surface area contributed by atoms with E-state index in [2.05, 4.69) is 16.0 Å². The normalized spacial score (nSPS) is 53.0. The zero-order chi connectivity index (χ0) is 14.8. The van der Waals surface area contributed by atoms with Crippen molar-refractivity contribution in [1.82, 2.24) is 20.9 Å². The number of rotatable bonds is 2. The van der Waals surface area contributed by atoms with Crippen molar-refractivity contribution in [2.45, 2.75) is 42.5 Å². The first kappa shape index (κ1) is 13.8. The number of carbonyl (C=O) groups excluding carboxylic acids is 1. The van der Waals surface area contributed by atoms with Gasteiger partial charge in [-0.1, -0.05) is 0 Å². The second-order valence-corrected chi connectivity index (χ2v) is 5.90. The number of nitrogens with two attached hydrogens (primary N) is 1. The molecule has 10 heteroatoms. The van der Waals surface area contributed by atoms with Gasteiger partial charge in [0.15, 0.2) is 0 Å². The molecule has 118 valence electrons. The van der Waals surface area contributed by atoms with E-state index < -0.39 is 36.4 Å². The van der Waals surface area contributed by atoms with Crippen LogP contribution in [0.5, 0.6) is 0 Å². The third kappa shape index (κ3) is 1.79. The van der Waals surface area contributed by atoms with E-state index in [0.717, 1.165) is 0 Å². The lowest BCUT2D eigenvalue weighted by molar-refractivity contribution is -0.212. The summed E-state index contributed by atoms with van der Waals surface area (Å²) in [6.07, 6.45) is -2.99. The lowest BCUT2D eigenvalue weighted by Crippen LogP contribution is -2.71. The number of hydrogen-bond acceptors (Lipinski definition) is 9. The van der Waals surface area contributed by atoms with Gasteiger partial charge in [0.05, 0.1) is 26.0 Å². The number of nitrogens with one attached hydrogen (secondary N) is 3. The number of ether oxygens (including phenoxy) is 2. The first-order valence-corrected chi connectivity index (χ1v) is 6.95. The molecular formula is C11H19N5O5. The van der Waals surface area contributed by atoms with Crippen LogP contribution in [0.2, 0.25) is 0 Å². The molecule has 4 fully saturated rings. The molecule has 7 N–H and O–H groups in total. The lowest BCUT2D eigenvalue weighted by atomic mass is 10.0. The Bertz CT molecular complexity index is 466. The molecule has 1 amide bonds. The van der Waals surface area contributed by atoms with Crippen molar-refractivity contribution < 1.29 is 24.5 Å². The van der Waals surface area contributed by atoms with Gasteiger partial charge in [-0.25, -0.2) is 4.90 Å². The van der Waals surface area contributed by atoms with Crippen molar-refractivity contribution in [2.75, 3.05) is 19.9 Å². The van der Waals surface area contributed by atoms with Crippen molar-refractivity contribution in [3.05, 3.63) is 0 Å². The third-order valence-corrected chi connectivity index (χ3v) is 4.70. The molecule has 0 spiro atoms. The fourth-order valence-electron chi connectivity index (χ4n) is 3.55. The zero-order valence-corrected chi connectivity index (χ0v) is 11.2. The lowest BCUT2D eigenvalue weighted by Gasteiger charge is -2.40. The summed E-state index contributed by atoms with van der Waals surface area (Å²) < 4.78 is 11.4. The summed E-state index contributed by atoms with van der Waals surface area (Å²) in [6, 6.07) is -0.449. The largest absolute Gasteiger partial charge is 0.393 e. The molecule has 4 saturated heterocycles. The molecule has 0 aromatic carbocycles. The van der Waals surface area contributed by atoms with E-state index in [-0.39, 0.29) is 25.3 Å². The van der Waals surface area contributed by atoms with Crippen molar-refractivity contribution in [2.24, 2.45) is 5.73 Å². The van der Waals surface area contributed by atoms with Crippen LogP contribution in [-0.2, 0) is 14.3 Å². The van der Waals surface area contributed by atoms with Gasteiger partial charge in [0.2, 0.25) is 5.91 Å². The maximum atomic E-state index is 11.9. The van der Waals surface area contributed by atoms with Gasteiger partial charge < -0.3 is 25.0 Å². The number of nitrogens with zero attached hydrogens (tertiary/aromatic N) is 1. The molecule has 0 aromatic heterocycles. The number of carbonyl (C=O) groups is 1. The monoisotopic (exact) mass is 301 g/mol. The van der Waals surface area contributed by atoms with E-state index in [1.54, 1.807) is 0 Å². The highest BCUT2D eigenvalue weighted by Crippen LogP contribution is 2.42. The maximum Gasteiger partial charge on any atom is 0.242 e. The Morgan fingerprint density at radius 3 is 3.05 bits per heavy atom. The molecule has 0 saturated carbocycles. The average Bonchev–Trinajstić information content (AvgIpc) is 3.09. The number of fused-ring (bicyclic) bond motifs is 3. The van der Waals surface area contributed by atoms with Crippen molar-refractivity contribution in [3.63, 3.8) is 0 Å². The molecule has 10 nitrogen and oxygen atoms in total. The van der Waals surface area contributed by atoms with Crippen LogP contribution >= 0.6 is 0 Å². The number of aliphatic hydroxyl groups is 2. The highest BCUT2D eigenvalue weighted by Gasteiger charge is 2.64. The molecule has 0 aromatic rings. The molecule has 7 atom stereocenters. The molecule has 0 radical (unpaired) electrons. The van der Waals surface area contributed by atoms with Gasteiger partial charge in [-0.05, 0) is 0 Å². The van der Waals surface area contributed by atoms with Crippen LogP contribution in [0.15, 0.2) is 0 Å². The van der Waals surface area contributed by atoms with Crippen molar-refractivity contribution in [1.29, 1.82) is 0 Å². The third-order valence-electron chi connectivity index (χ3n) is 4.70. The summed E-state index contributed by atoms with van der Waals surface area (Å²) in [6.45, 7) is 0.236. The van der Waals surface area contributed by atoms with Crippen LogP contribution < -0.4 is 21.7 Å². The smallest absolute Gasteiger partial charge is 0.242 e. The summed E-state index contributed by atoms with van der Waals surface area (Å²) in [5.74, 6) is -0.185. The van der Waals surface area contributed by atoms with Gasteiger partial charge in [0.25, 0.3) is 0 Å². The SMILES string of the molecule is NC1NC(=O)C2NCN(C3OC4(CO)COC3C4O)C2N1. The number of hydrogen-bond donors (Lipinski definition) is 6. The van der Waals surface area contributed by atoms with Gasteiger partial charge in [-0.2, -0.15) is 0 Å². The topological polar surface area (TPSA) is 141 Å². The van der Waals surface area contributed by atoms with Crippen LogP contribution in [0.1, 0.15) is 0 Å². The van der Waals surface area contributed by atoms with Gasteiger partial charge in [0.1, 0.15) is 36.4 Å². The van der Waals surface area contributed by atoms with Crippen LogP contribution in [0.3, 0.4) is 0 Å². The Kier molecular flexibility index (Phi) is 3.00. The van der Waals surface area contributed by atoms with E-state index in [0.29, 0.717) is 6.67 Å². The highest BCUT2D eigenvalue weighted by atomic mass is 16.7. The van der Waals surface area contributed by atoms with E-state index in [4.69, 9.17) is 15.2 Å². The zero-order valence-electron chi connectivity index (χ0n) is 11.2. The summed E-state index contributed by atoms with van der Waals surface area (Å²) >= 11 is 0. The summed E-state index contributed by atoms with van der Waals surface area (Å²) in [5, 5.41) is 28.5. The van der Waals surface area contributed by atoms with Gasteiger partial charge in [0, 0.05) is 0 Å². The predicted octanol–water partition coefficient (Wildman–Crippen LogP) is -4.65. The van der Waals surface area contributed by atoms with Crippen LogP contribution in [0.25, 0.3) is 0 Å². The second-order valence-electron chi connectivity index (χ2n) is 5.90. The molecule has 7 unspecified atom stereocenters. The maximum absolute atomic E-state index is 11.9. The molecule has 21 heavy (non-hydrogen) atoms. The average molecular weight is 301 g/mol. The minimum atomic E-state index is -1.08. The first-order valence-electron chi connectivity index (χ1n) is 6.95. The van der Waals surface area contributed by atoms with Crippen LogP contribution in [0, 0.1) is 0 Å². The molecule has 0 aliphatic carbocycles. The van der Waals surface area contributed by atoms with Gasteiger partial charge in [-0.15, -0.1) is 0 Å². The van der Waals surface area contributed by atoms with Crippen molar-refractivity contribution >= 4 is 5.91 Å². The molecular weight excluding hydrogens is 282 g/mol. The van der Waals surface area contributed by atoms with Crippen LogP contribution in [-0.4, -0.2) is 83.4 Å². The second kappa shape index (κ2) is 4.57. The summed E-state index contributed by atoms with van der Waals surface area (Å²) in [5.41, 5.74) is 4.66. The number of aliphatic hydroxyl groups excluding tert-OH is 2. The van der Waals surface area contributed by atoms with Gasteiger partial charge >= 0.3 is 0 Å². The van der Waals surface area contributed by atoms with E-state index in [1.807, 2.05) is 4.90 Å². The Labute approximate surface area is 120 Å². The Hall–Kier alpha value is -0.850.